The highest BCUT2D eigenvalue weighted by Crippen LogP contribution is 2.74. The molecule has 0 radical (unpaired) electrons. The van der Waals surface area contributed by atoms with Gasteiger partial charge in [-0.15, -0.1) is 0 Å². The lowest BCUT2D eigenvalue weighted by atomic mass is 9.37. The maximum atomic E-state index is 13.1. The Balaban J connectivity index is 1.30. The van der Waals surface area contributed by atoms with Gasteiger partial charge < -0.3 is 30.0 Å². The summed E-state index contributed by atoms with van der Waals surface area (Å²) in [5.41, 5.74) is 7.65. The zero-order chi connectivity index (χ0) is 29.9. The minimum atomic E-state index is -0.805. The largest absolute Gasteiger partial charge is 0.493 e. The number of nitrogens with two attached hydrogens (primary N) is 1. The number of hydrogen-bond donors (Lipinski definition) is 2. The van der Waals surface area contributed by atoms with E-state index in [1.807, 2.05) is 26.0 Å². The van der Waals surface area contributed by atoms with Gasteiger partial charge in [0, 0.05) is 29.4 Å². The highest BCUT2D eigenvalue weighted by molar-refractivity contribution is 5.86. The van der Waals surface area contributed by atoms with Gasteiger partial charge >= 0.3 is 11.9 Å². The van der Waals surface area contributed by atoms with Crippen molar-refractivity contribution in [3.05, 3.63) is 35.4 Å². The fourth-order valence-electron chi connectivity index (χ4n) is 7.96. The molecule has 3 N–H and O–H groups in total. The third-order valence-electron chi connectivity index (χ3n) is 9.32. The predicted octanol–water partition coefficient (Wildman–Crippen LogP) is 3.60. The Bertz CT molecular complexity index is 1270. The third kappa shape index (κ3) is 4.80. The van der Waals surface area contributed by atoms with Gasteiger partial charge in [-0.05, 0) is 69.1 Å². The van der Waals surface area contributed by atoms with E-state index < -0.39 is 41.7 Å². The molecular formula is C32H44N2O7. The summed E-state index contributed by atoms with van der Waals surface area (Å²) in [6.07, 6.45) is 4.57. The van der Waals surface area contributed by atoms with E-state index in [9.17, 15) is 14.4 Å². The molecule has 1 amide bonds. The van der Waals surface area contributed by atoms with Crippen LogP contribution in [-0.4, -0.2) is 55.4 Å². The molecule has 7 atom stereocenters. The van der Waals surface area contributed by atoms with Crippen LogP contribution >= 0.6 is 0 Å². The van der Waals surface area contributed by atoms with Crippen LogP contribution in [0.4, 0.5) is 0 Å². The van der Waals surface area contributed by atoms with Crippen molar-refractivity contribution in [2.75, 3.05) is 13.7 Å². The molecule has 1 aromatic rings. The zero-order valence-electron chi connectivity index (χ0n) is 25.2. The van der Waals surface area contributed by atoms with E-state index in [4.69, 9.17) is 24.7 Å². The Morgan fingerprint density at radius 3 is 2.56 bits per heavy atom. The van der Waals surface area contributed by atoms with Crippen LogP contribution < -0.4 is 20.5 Å². The van der Waals surface area contributed by atoms with Gasteiger partial charge in [-0.1, -0.05) is 32.9 Å². The number of carbonyl (C=O) groups excluding carboxylic acids is 3. The topological polar surface area (TPSA) is 126 Å². The van der Waals surface area contributed by atoms with Crippen LogP contribution in [0.5, 0.6) is 11.5 Å². The number of methoxy groups -OCH3 is 1. The van der Waals surface area contributed by atoms with E-state index in [0.29, 0.717) is 18.2 Å². The van der Waals surface area contributed by atoms with Crippen LogP contribution in [0.25, 0.3) is 0 Å². The maximum absolute atomic E-state index is 13.1. The molecule has 1 spiro atoms. The van der Waals surface area contributed by atoms with Crippen LogP contribution in [0, 0.1) is 23.2 Å². The Morgan fingerprint density at radius 1 is 1.20 bits per heavy atom. The van der Waals surface area contributed by atoms with E-state index >= 15 is 0 Å². The fourth-order valence-corrected chi connectivity index (χ4v) is 7.96. The number of benzene rings is 1. The molecule has 1 saturated carbocycles. The van der Waals surface area contributed by atoms with Crippen LogP contribution in [0.15, 0.2) is 24.3 Å². The van der Waals surface area contributed by atoms with Crippen molar-refractivity contribution < 1.29 is 33.3 Å². The lowest BCUT2D eigenvalue weighted by Crippen LogP contribution is -2.69. The number of fused-ring (bicyclic) bond motifs is 1. The number of hydrogen-bond acceptors (Lipinski definition) is 8. The summed E-state index contributed by atoms with van der Waals surface area (Å²) in [4.78, 5) is 38.5. The van der Waals surface area contributed by atoms with Gasteiger partial charge in [-0.25, -0.2) is 4.79 Å². The molecule has 224 valence electrons. The number of nitrogens with one attached hydrogen (secondary N) is 1. The molecule has 5 aliphatic rings. The van der Waals surface area contributed by atoms with Crippen molar-refractivity contribution in [3.8, 4) is 11.5 Å². The smallest absolute Gasteiger partial charge is 0.329 e. The molecule has 9 nitrogen and oxygen atoms in total. The van der Waals surface area contributed by atoms with Gasteiger partial charge in [-0.3, -0.25) is 9.59 Å². The second-order valence-electron chi connectivity index (χ2n) is 13.6. The van der Waals surface area contributed by atoms with Crippen molar-refractivity contribution >= 4 is 17.8 Å². The van der Waals surface area contributed by atoms with E-state index in [1.54, 1.807) is 27.9 Å². The summed E-state index contributed by atoms with van der Waals surface area (Å²) in [5.74, 6) is 0.484. The average Bonchev–Trinajstić information content (AvgIpc) is 3.11. The van der Waals surface area contributed by atoms with Gasteiger partial charge in [0.25, 0.3) is 0 Å². The van der Waals surface area contributed by atoms with Crippen LogP contribution in [0.3, 0.4) is 0 Å². The number of rotatable bonds is 9. The zero-order valence-corrected chi connectivity index (χ0v) is 25.2. The van der Waals surface area contributed by atoms with Crippen molar-refractivity contribution in [2.45, 2.75) is 96.5 Å². The Morgan fingerprint density at radius 2 is 1.93 bits per heavy atom. The van der Waals surface area contributed by atoms with Crippen molar-refractivity contribution in [1.29, 1.82) is 0 Å². The minimum Gasteiger partial charge on any atom is -0.493 e. The predicted molar refractivity (Wildman–Crippen MR) is 152 cm³/mol. The highest BCUT2D eigenvalue weighted by atomic mass is 16.6. The highest BCUT2D eigenvalue weighted by Gasteiger charge is 2.74. The number of ether oxygens (including phenoxy) is 4. The van der Waals surface area contributed by atoms with E-state index in [-0.39, 0.29) is 35.5 Å². The number of carbonyl (C=O) groups is 3. The monoisotopic (exact) mass is 568 g/mol. The SMILES string of the molecule is COc1ccc2c3c1O[C@H]1[C@@H](OC(=O)CCC(=O)NC(C(=O)OC(C)(C)C)C(C)C)C=CC4(CN)C[C@]31C4[C@H](C)C2. The second-order valence-corrected chi connectivity index (χ2v) is 13.6. The summed E-state index contributed by atoms with van der Waals surface area (Å²) < 4.78 is 23.8. The van der Waals surface area contributed by atoms with Gasteiger partial charge in [0.2, 0.25) is 5.91 Å². The Hall–Kier alpha value is -3.07. The molecular weight excluding hydrogens is 524 g/mol. The molecule has 3 unspecified atom stereocenters. The first kappa shape index (κ1) is 29.4. The van der Waals surface area contributed by atoms with Crippen molar-refractivity contribution in [1.82, 2.24) is 5.32 Å². The fraction of sp³-hybridized carbons (Fsp3) is 0.656. The van der Waals surface area contributed by atoms with Gasteiger partial charge in [0.15, 0.2) is 17.6 Å². The Labute approximate surface area is 242 Å². The molecule has 9 heteroatoms. The summed E-state index contributed by atoms with van der Waals surface area (Å²) in [5, 5.41) is 2.73. The average molecular weight is 569 g/mol. The van der Waals surface area contributed by atoms with Crippen molar-refractivity contribution in [2.24, 2.45) is 28.9 Å². The van der Waals surface area contributed by atoms with Crippen LogP contribution in [0.2, 0.25) is 0 Å². The third-order valence-corrected chi connectivity index (χ3v) is 9.32. The molecule has 4 aliphatic carbocycles. The minimum absolute atomic E-state index is 0.109. The first-order chi connectivity index (χ1) is 19.3. The first-order valence-corrected chi connectivity index (χ1v) is 14.7. The lowest BCUT2D eigenvalue weighted by molar-refractivity contribution is -0.161. The standard InChI is InChI=1S/C32H44N2O7/c1-17(2)25(29(37)41-30(4,5)6)34-22(35)10-11-23(36)39-21-12-13-31(16-33)15-32-24-19(14-18(3)27(31)32)8-9-20(38-7)26(24)40-28(21)32/h8-9,12-13,17-18,21,25,27-28H,10-11,14-16,33H2,1-7H3,(H,34,35)/t18-,21+,25?,27?,28+,31?,32-/m1/s1. The molecule has 6 rings (SSSR count). The molecule has 1 fully saturated rings. The van der Waals surface area contributed by atoms with E-state index in [2.05, 4.69) is 24.4 Å². The van der Waals surface area contributed by atoms with Crippen molar-refractivity contribution in [3.63, 3.8) is 0 Å². The number of esters is 2. The molecule has 41 heavy (non-hydrogen) atoms. The van der Waals surface area contributed by atoms with Crippen LogP contribution in [0.1, 0.15) is 71.9 Å². The van der Waals surface area contributed by atoms with Crippen LogP contribution in [-0.2, 0) is 35.7 Å². The van der Waals surface area contributed by atoms with Gasteiger partial charge in [0.1, 0.15) is 17.7 Å². The summed E-state index contributed by atoms with van der Waals surface area (Å²) >= 11 is 0. The quantitative estimate of drug-likeness (QED) is 0.342. The normalized spacial score (nSPS) is 31.2. The second kappa shape index (κ2) is 10.3. The summed E-state index contributed by atoms with van der Waals surface area (Å²) in [6, 6.07) is 3.28. The summed E-state index contributed by atoms with van der Waals surface area (Å²) in [7, 11) is 1.64. The van der Waals surface area contributed by atoms with E-state index in [0.717, 1.165) is 18.6 Å². The molecule has 1 aliphatic heterocycles. The molecule has 2 bridgehead atoms. The summed E-state index contributed by atoms with van der Waals surface area (Å²) in [6.45, 7) is 11.8. The Kier molecular flexibility index (Phi) is 7.41. The molecule has 1 heterocycles. The molecule has 0 saturated heterocycles. The van der Waals surface area contributed by atoms with Gasteiger partial charge in [-0.2, -0.15) is 0 Å². The lowest BCUT2D eigenvalue weighted by Gasteiger charge is -2.65. The van der Waals surface area contributed by atoms with Gasteiger partial charge in [0.05, 0.1) is 13.5 Å². The first-order valence-electron chi connectivity index (χ1n) is 14.7. The molecule has 1 aromatic carbocycles. The maximum Gasteiger partial charge on any atom is 0.329 e. The molecule has 0 aromatic heterocycles. The number of amides is 1. The van der Waals surface area contributed by atoms with E-state index in [1.165, 1.54) is 11.1 Å².